The molecule has 0 saturated carbocycles. The first-order chi connectivity index (χ1) is 27.5. The van der Waals surface area contributed by atoms with Crippen LogP contribution in [-0.2, 0) is 39.9 Å². The van der Waals surface area contributed by atoms with E-state index in [-0.39, 0.29) is 35.5 Å². The van der Waals surface area contributed by atoms with E-state index in [9.17, 15) is 27.6 Å². The van der Waals surface area contributed by atoms with Gasteiger partial charge in [-0.25, -0.2) is 15.0 Å². The van der Waals surface area contributed by atoms with Gasteiger partial charge in [0.2, 0.25) is 23.6 Å². The first-order valence-corrected chi connectivity index (χ1v) is 20.2. The molecular weight excluding hydrogens is 740 g/mol. The van der Waals surface area contributed by atoms with Crippen LogP contribution in [0.15, 0.2) is 37.1 Å². The van der Waals surface area contributed by atoms with Gasteiger partial charge in [0, 0.05) is 82.0 Å². The van der Waals surface area contributed by atoms with E-state index in [1.807, 2.05) is 16.0 Å². The minimum Gasteiger partial charge on any atom is -0.481 e. The van der Waals surface area contributed by atoms with E-state index in [4.69, 9.17) is 4.74 Å². The van der Waals surface area contributed by atoms with Gasteiger partial charge >= 0.3 is 6.18 Å². The number of hydrogen-bond donors (Lipinski definition) is 1. The largest absolute Gasteiger partial charge is 0.481 e. The summed E-state index contributed by atoms with van der Waals surface area (Å²) in [5.74, 6) is -0.118. The molecule has 5 aliphatic heterocycles. The molecule has 8 rings (SSSR count). The van der Waals surface area contributed by atoms with Crippen LogP contribution < -0.4 is 19.9 Å². The molecule has 3 amide bonds. The Labute approximate surface area is 330 Å². The number of likely N-dealkylation sites (tertiary alicyclic amines) is 2. The third kappa shape index (κ3) is 8.70. The number of anilines is 2. The van der Waals surface area contributed by atoms with E-state index in [2.05, 4.69) is 41.1 Å². The fourth-order valence-electron chi connectivity index (χ4n) is 9.43. The van der Waals surface area contributed by atoms with Gasteiger partial charge in [0.25, 0.3) is 0 Å². The van der Waals surface area contributed by atoms with E-state index in [0.717, 1.165) is 106 Å². The third-order valence-electron chi connectivity index (χ3n) is 12.7. The van der Waals surface area contributed by atoms with Crippen molar-refractivity contribution in [3.05, 3.63) is 65.1 Å². The third-order valence-corrected chi connectivity index (χ3v) is 12.7. The molecular formula is C41H50F3N9O4. The molecule has 4 saturated heterocycles. The first-order valence-electron chi connectivity index (χ1n) is 20.2. The van der Waals surface area contributed by atoms with Crippen LogP contribution in [0.1, 0.15) is 78.9 Å². The maximum absolute atomic E-state index is 13.7. The minimum atomic E-state index is -4.59. The maximum atomic E-state index is 13.7. The Morgan fingerprint density at radius 1 is 0.860 bits per heavy atom. The molecule has 0 spiro atoms. The summed E-state index contributed by atoms with van der Waals surface area (Å²) in [7, 11) is 1.18. The summed E-state index contributed by atoms with van der Waals surface area (Å²) in [6, 6.07) is 3.15. The predicted octanol–water partition coefficient (Wildman–Crippen LogP) is 4.40. The van der Waals surface area contributed by atoms with Gasteiger partial charge in [-0.3, -0.25) is 24.7 Å². The number of pyridine rings is 2. The number of carbonyl (C=O) groups excluding carboxylic acids is 3. The Kier molecular flexibility index (Phi) is 11.3. The van der Waals surface area contributed by atoms with Gasteiger partial charge < -0.3 is 24.3 Å². The summed E-state index contributed by atoms with van der Waals surface area (Å²) in [5.41, 5.74) is 4.13. The van der Waals surface area contributed by atoms with Gasteiger partial charge in [-0.1, -0.05) is 0 Å². The van der Waals surface area contributed by atoms with Gasteiger partial charge in [0.15, 0.2) is 0 Å². The molecule has 4 fully saturated rings. The van der Waals surface area contributed by atoms with Gasteiger partial charge in [0.05, 0.1) is 42.5 Å². The molecule has 2 atom stereocenters. The molecule has 8 heterocycles. The van der Waals surface area contributed by atoms with E-state index >= 15 is 0 Å². The SMILES string of the molecule is COc1ncc(N2CCc3ncnc(C[C@H]4CCN(C(=O)C5CCN(CC6CCN(c7cncc(C8CCC(=O)NC8=O)c7)CC6)CC5)C4)c3C2)cc1C(F)(F)F. The highest BCUT2D eigenvalue weighted by molar-refractivity contribution is 6.01. The minimum absolute atomic E-state index is 0.0334. The van der Waals surface area contributed by atoms with Crippen LogP contribution in [0.2, 0.25) is 0 Å². The van der Waals surface area contributed by atoms with Gasteiger partial charge in [0.1, 0.15) is 11.9 Å². The average Bonchev–Trinajstić information content (AvgIpc) is 3.69. The van der Waals surface area contributed by atoms with Crippen molar-refractivity contribution in [3.8, 4) is 5.88 Å². The number of ether oxygens (including phenoxy) is 1. The smallest absolute Gasteiger partial charge is 0.421 e. The summed E-state index contributed by atoms with van der Waals surface area (Å²) in [6.07, 6.45) is 8.91. The van der Waals surface area contributed by atoms with E-state index < -0.39 is 17.6 Å². The zero-order valence-electron chi connectivity index (χ0n) is 32.3. The van der Waals surface area contributed by atoms with E-state index in [0.29, 0.717) is 56.9 Å². The molecule has 13 nitrogen and oxygen atoms in total. The lowest BCUT2D eigenvalue weighted by Gasteiger charge is -2.38. The van der Waals surface area contributed by atoms with Crippen LogP contribution in [0.3, 0.4) is 0 Å². The van der Waals surface area contributed by atoms with Crippen molar-refractivity contribution in [1.29, 1.82) is 0 Å². The maximum Gasteiger partial charge on any atom is 0.421 e. The summed E-state index contributed by atoms with van der Waals surface area (Å²) in [4.78, 5) is 64.1. The second kappa shape index (κ2) is 16.5. The molecule has 5 aliphatic rings. The van der Waals surface area contributed by atoms with Crippen LogP contribution in [0, 0.1) is 17.8 Å². The summed E-state index contributed by atoms with van der Waals surface area (Å²) in [5, 5.41) is 2.45. The number of rotatable bonds is 9. The van der Waals surface area contributed by atoms with Gasteiger partial charge in [-0.05, 0) is 87.6 Å². The molecule has 3 aromatic heterocycles. The number of alkyl halides is 3. The number of carbonyl (C=O) groups is 3. The molecule has 3 aromatic rings. The number of hydrogen-bond acceptors (Lipinski definition) is 11. The average molecular weight is 790 g/mol. The fraction of sp³-hybridized carbons (Fsp3) is 0.585. The Hall–Kier alpha value is -4.86. The zero-order chi connectivity index (χ0) is 39.7. The van der Waals surface area contributed by atoms with Crippen LogP contribution in [0.4, 0.5) is 24.5 Å². The highest BCUT2D eigenvalue weighted by Gasteiger charge is 2.38. The van der Waals surface area contributed by atoms with Crippen molar-refractivity contribution in [2.75, 3.05) is 69.3 Å². The summed E-state index contributed by atoms with van der Waals surface area (Å²) in [6.45, 7) is 7.05. The van der Waals surface area contributed by atoms with Crippen LogP contribution >= 0.6 is 0 Å². The molecule has 304 valence electrons. The summed E-state index contributed by atoms with van der Waals surface area (Å²) >= 11 is 0. The predicted molar refractivity (Wildman–Crippen MR) is 204 cm³/mol. The lowest BCUT2D eigenvalue weighted by Crippen LogP contribution is -2.44. The monoisotopic (exact) mass is 789 g/mol. The van der Waals surface area contributed by atoms with Gasteiger partial charge in [-0.2, -0.15) is 13.2 Å². The number of fused-ring (bicyclic) bond motifs is 1. The van der Waals surface area contributed by atoms with E-state index in [1.54, 1.807) is 12.5 Å². The number of amides is 3. The summed E-state index contributed by atoms with van der Waals surface area (Å²) < 4.78 is 46.1. The Morgan fingerprint density at radius 2 is 1.63 bits per heavy atom. The van der Waals surface area contributed by atoms with Gasteiger partial charge in [-0.15, -0.1) is 0 Å². The van der Waals surface area contributed by atoms with Crippen LogP contribution in [0.25, 0.3) is 0 Å². The van der Waals surface area contributed by atoms with Crippen molar-refractivity contribution in [1.82, 2.24) is 35.1 Å². The molecule has 57 heavy (non-hydrogen) atoms. The van der Waals surface area contributed by atoms with Crippen LogP contribution in [-0.4, -0.2) is 107 Å². The van der Waals surface area contributed by atoms with Crippen molar-refractivity contribution in [3.63, 3.8) is 0 Å². The highest BCUT2D eigenvalue weighted by Crippen LogP contribution is 2.38. The van der Waals surface area contributed by atoms with Crippen molar-refractivity contribution in [2.45, 2.75) is 76.4 Å². The van der Waals surface area contributed by atoms with Crippen molar-refractivity contribution < 1.29 is 32.3 Å². The van der Waals surface area contributed by atoms with Crippen LogP contribution in [0.5, 0.6) is 5.88 Å². The molecule has 1 unspecified atom stereocenters. The molecule has 0 aromatic carbocycles. The second-order valence-corrected chi connectivity index (χ2v) is 16.3. The Morgan fingerprint density at radius 3 is 2.39 bits per heavy atom. The molecule has 0 aliphatic carbocycles. The molecule has 16 heteroatoms. The number of nitrogens with one attached hydrogen (secondary N) is 1. The second-order valence-electron chi connectivity index (χ2n) is 16.3. The van der Waals surface area contributed by atoms with E-state index in [1.165, 1.54) is 13.3 Å². The quantitative estimate of drug-likeness (QED) is 0.309. The lowest BCUT2D eigenvalue weighted by atomic mass is 9.90. The fourth-order valence-corrected chi connectivity index (χ4v) is 9.43. The number of halogens is 3. The first kappa shape index (κ1) is 39.0. The Balaban J connectivity index is 0.793. The number of methoxy groups -OCH3 is 1. The number of nitrogens with zero attached hydrogens (tertiary/aromatic N) is 8. The van der Waals surface area contributed by atoms with Crippen molar-refractivity contribution in [2.24, 2.45) is 17.8 Å². The van der Waals surface area contributed by atoms with Crippen molar-refractivity contribution >= 4 is 29.1 Å². The Bertz CT molecular complexity index is 1970. The number of piperidine rings is 3. The topological polar surface area (TPSA) is 137 Å². The normalized spacial score (nSPS) is 22.8. The zero-order valence-corrected chi connectivity index (χ0v) is 32.3. The number of aromatic nitrogens is 4. The molecule has 1 N–H and O–H groups in total. The lowest BCUT2D eigenvalue weighted by molar-refractivity contribution is -0.139. The highest BCUT2D eigenvalue weighted by atomic mass is 19.4. The standard InChI is InChI=1S/C41H50F3N9O4/c1-57-39-34(41(42,43)44)18-31(21-46-39)52-15-9-35-33(24-52)36(48-25-47-35)16-27-6-14-53(23-27)40(56)28-7-10-50(11-8-28)22-26-4-12-51(13-5-26)30-17-29(19-45-20-30)32-2-3-37(54)49-38(32)55/h17-21,25-28,32H,2-16,22-24H2,1H3,(H,49,54,55)/t27-,32?/m1/s1. The molecule has 0 radical (unpaired) electrons. The molecule has 0 bridgehead atoms. The number of imide groups is 1.